The van der Waals surface area contributed by atoms with Crippen LogP contribution in [0.5, 0.6) is 0 Å². The fourth-order valence-electron chi connectivity index (χ4n) is 7.53. The fourth-order valence-corrected chi connectivity index (χ4v) is 7.53. The van der Waals surface area contributed by atoms with E-state index in [-0.39, 0.29) is 0 Å². The van der Waals surface area contributed by atoms with E-state index < -0.39 is 0 Å². The predicted molar refractivity (Wildman–Crippen MR) is 179 cm³/mol. The summed E-state index contributed by atoms with van der Waals surface area (Å²) >= 11 is 0. The summed E-state index contributed by atoms with van der Waals surface area (Å²) in [7, 11) is 0. The van der Waals surface area contributed by atoms with E-state index in [9.17, 15) is 0 Å². The minimum Gasteiger partial charge on any atom is -0.354 e. The lowest BCUT2D eigenvalue weighted by Crippen LogP contribution is -1.97. The first-order valence-corrected chi connectivity index (χ1v) is 14.7. The first-order chi connectivity index (χ1) is 21.3. The molecule has 0 spiro atoms. The maximum atomic E-state index is 4.83. The topological polar surface area (TPSA) is 43.0 Å². The van der Waals surface area contributed by atoms with Gasteiger partial charge in [-0.05, 0) is 67.6 Å². The maximum absolute atomic E-state index is 4.83. The molecule has 5 heteroatoms. The van der Waals surface area contributed by atoms with Crippen molar-refractivity contribution in [2.75, 3.05) is 0 Å². The van der Waals surface area contributed by atoms with Crippen LogP contribution >= 0.6 is 0 Å². The van der Waals surface area contributed by atoms with Crippen LogP contribution in [-0.2, 0) is 0 Å². The predicted octanol–water partition coefficient (Wildman–Crippen LogP) is 9.63. The molecule has 5 aromatic heterocycles. The highest BCUT2D eigenvalue weighted by Gasteiger charge is 2.25. The smallest absolute Gasteiger partial charge is 0.146 e. The summed E-state index contributed by atoms with van der Waals surface area (Å²) in [6.45, 7) is 2.07. The summed E-state index contributed by atoms with van der Waals surface area (Å²) in [5, 5.41) is 6.25. The Morgan fingerprint density at radius 2 is 1.16 bits per heavy atom. The lowest BCUT2D eigenvalue weighted by Gasteiger charge is -2.13. The number of nitrogens with one attached hydrogen (secondary N) is 1. The monoisotopic (exact) mass is 551 g/mol. The molecule has 0 saturated heterocycles. The molecular formula is C38H25N5. The van der Waals surface area contributed by atoms with Crippen LogP contribution < -0.4 is 0 Å². The number of fused-ring (bicyclic) bond motifs is 2. The van der Waals surface area contributed by atoms with Crippen LogP contribution in [0.3, 0.4) is 0 Å². The Balaban J connectivity index is 1.60. The van der Waals surface area contributed by atoms with Gasteiger partial charge in [-0.25, -0.2) is 4.98 Å². The third-order valence-electron chi connectivity index (χ3n) is 9.11. The van der Waals surface area contributed by atoms with Crippen molar-refractivity contribution in [3.8, 4) is 11.4 Å². The van der Waals surface area contributed by atoms with Crippen LogP contribution in [0, 0.1) is 0 Å². The molecule has 0 aliphatic heterocycles. The fraction of sp³-hybridized carbons (Fsp3) is 0.0263. The van der Waals surface area contributed by atoms with Crippen molar-refractivity contribution in [3.63, 3.8) is 0 Å². The molecule has 0 atom stereocenters. The standard InChI is InChI=1S/C38H25N5/c1-2-10-25-37-36-27(41-22-21-39-38(25)41)17-18-31-35(36)34-30(43(31)24-13-7-4-8-14-24)20-19-29-33(34)32-26(40-37)15-9-16-28(32)42(29)23-11-5-3-6-12-23/h2-22,40H,1H3/b10-2-. The number of hydrogen-bond acceptors (Lipinski definition) is 1. The largest absolute Gasteiger partial charge is 0.354 e. The molecule has 43 heavy (non-hydrogen) atoms. The number of pyridine rings is 1. The highest BCUT2D eigenvalue weighted by molar-refractivity contribution is 6.37. The van der Waals surface area contributed by atoms with Gasteiger partial charge < -0.3 is 14.1 Å². The van der Waals surface area contributed by atoms with Gasteiger partial charge in [0.05, 0.1) is 33.1 Å². The Labute approximate surface area is 245 Å². The second-order valence-electron chi connectivity index (χ2n) is 11.3. The number of nitrogens with zero attached hydrogens (tertiary/aromatic N) is 4. The van der Waals surface area contributed by atoms with E-state index in [4.69, 9.17) is 4.98 Å². The molecule has 0 fully saturated rings. The first-order valence-electron chi connectivity index (χ1n) is 14.7. The summed E-state index contributed by atoms with van der Waals surface area (Å²) < 4.78 is 7.08. The Morgan fingerprint density at radius 1 is 0.581 bits per heavy atom. The third-order valence-corrected chi connectivity index (χ3v) is 9.11. The van der Waals surface area contributed by atoms with Crippen molar-refractivity contribution >= 4 is 77.3 Å². The van der Waals surface area contributed by atoms with Crippen LogP contribution in [0.15, 0.2) is 122 Å². The zero-order valence-corrected chi connectivity index (χ0v) is 23.4. The van der Waals surface area contributed by atoms with Gasteiger partial charge in [0.15, 0.2) is 0 Å². The maximum Gasteiger partial charge on any atom is 0.146 e. The van der Waals surface area contributed by atoms with Crippen molar-refractivity contribution in [1.29, 1.82) is 0 Å². The number of aromatic amines is 1. The van der Waals surface area contributed by atoms with Gasteiger partial charge in [0.1, 0.15) is 5.65 Å². The summed E-state index contributed by atoms with van der Waals surface area (Å²) in [5.74, 6) is 0. The molecule has 0 aliphatic carbocycles. The second kappa shape index (κ2) is 8.14. The number of hydrogen-bond donors (Lipinski definition) is 1. The van der Waals surface area contributed by atoms with Gasteiger partial charge in [0.25, 0.3) is 0 Å². The van der Waals surface area contributed by atoms with Crippen molar-refractivity contribution < 1.29 is 0 Å². The van der Waals surface area contributed by atoms with E-state index in [2.05, 4.69) is 147 Å². The van der Waals surface area contributed by atoms with Crippen LogP contribution in [-0.4, -0.2) is 23.5 Å². The molecule has 0 unspecified atom stereocenters. The number of aromatic nitrogens is 5. The number of allylic oxidation sites excluding steroid dienone is 1. The van der Waals surface area contributed by atoms with Crippen LogP contribution in [0.2, 0.25) is 0 Å². The zero-order valence-electron chi connectivity index (χ0n) is 23.4. The average Bonchev–Trinajstić information content (AvgIpc) is 3.75. The summed E-state index contributed by atoms with van der Waals surface area (Å²) in [4.78, 5) is 8.82. The molecule has 0 aliphatic rings. The van der Waals surface area contributed by atoms with Gasteiger partial charge >= 0.3 is 0 Å². The first kappa shape index (κ1) is 22.8. The Bertz CT molecular complexity index is 2710. The molecule has 202 valence electrons. The van der Waals surface area contributed by atoms with E-state index in [1.54, 1.807) is 0 Å². The normalized spacial score (nSPS) is 12.7. The minimum absolute atomic E-state index is 0.944. The highest BCUT2D eigenvalue weighted by atomic mass is 15.0. The Kier molecular flexibility index (Phi) is 4.32. The summed E-state index contributed by atoms with van der Waals surface area (Å²) in [5.41, 5.74) is 12.4. The molecule has 0 saturated carbocycles. The number of imidazole rings is 1. The summed E-state index contributed by atoms with van der Waals surface area (Å²) in [6, 6.07) is 37.2. The number of H-pyrrole nitrogens is 1. The van der Waals surface area contributed by atoms with E-state index in [1.165, 1.54) is 49.0 Å². The van der Waals surface area contributed by atoms with E-state index in [0.717, 1.165) is 39.1 Å². The Hall–Kier alpha value is -5.81. The van der Waals surface area contributed by atoms with Crippen LogP contribution in [0.25, 0.3) is 88.6 Å². The molecular weight excluding hydrogens is 526 g/mol. The molecule has 5 heterocycles. The Morgan fingerprint density at radius 3 is 1.81 bits per heavy atom. The molecule has 5 nitrogen and oxygen atoms in total. The van der Waals surface area contributed by atoms with Crippen LogP contribution in [0.1, 0.15) is 12.5 Å². The lowest BCUT2D eigenvalue weighted by molar-refractivity contribution is 1.17. The SMILES string of the molecule is C/C=C\c1c2[nH]c3cccc4c3c3c5c6c2c(ccc6n(-c2ccccc2)c5ccc3n4-c2ccccc2)n2ccnc12. The second-order valence-corrected chi connectivity index (χ2v) is 11.3. The van der Waals surface area contributed by atoms with Gasteiger partial charge in [0, 0.05) is 61.8 Å². The van der Waals surface area contributed by atoms with Gasteiger partial charge in [-0.2, -0.15) is 0 Å². The number of para-hydroxylation sites is 2. The molecule has 0 radical (unpaired) electrons. The molecule has 1 N–H and O–H groups in total. The molecule has 0 amide bonds. The quantitative estimate of drug-likeness (QED) is 0.233. The van der Waals surface area contributed by atoms with E-state index >= 15 is 0 Å². The van der Waals surface area contributed by atoms with Gasteiger partial charge in [-0.3, -0.25) is 4.40 Å². The zero-order chi connectivity index (χ0) is 28.2. The lowest BCUT2D eigenvalue weighted by atomic mass is 9.98. The van der Waals surface area contributed by atoms with Crippen molar-refractivity contribution in [2.24, 2.45) is 0 Å². The minimum atomic E-state index is 0.944. The average molecular weight is 552 g/mol. The molecule has 10 rings (SSSR count). The van der Waals surface area contributed by atoms with E-state index in [1.807, 2.05) is 6.20 Å². The molecule has 10 aromatic rings. The van der Waals surface area contributed by atoms with Gasteiger partial charge in [0.2, 0.25) is 0 Å². The van der Waals surface area contributed by atoms with Crippen molar-refractivity contribution in [2.45, 2.75) is 6.92 Å². The van der Waals surface area contributed by atoms with Crippen LogP contribution in [0.4, 0.5) is 0 Å². The van der Waals surface area contributed by atoms with Gasteiger partial charge in [-0.15, -0.1) is 0 Å². The summed E-state index contributed by atoms with van der Waals surface area (Å²) in [6.07, 6.45) is 8.28. The molecule has 0 bridgehead atoms. The number of rotatable bonds is 3. The van der Waals surface area contributed by atoms with Gasteiger partial charge in [-0.1, -0.05) is 54.6 Å². The van der Waals surface area contributed by atoms with E-state index in [0.29, 0.717) is 0 Å². The molecule has 5 aromatic carbocycles. The van der Waals surface area contributed by atoms with Crippen molar-refractivity contribution in [1.82, 2.24) is 23.5 Å². The van der Waals surface area contributed by atoms with Crippen molar-refractivity contribution in [3.05, 3.63) is 127 Å². The highest BCUT2D eigenvalue weighted by Crippen LogP contribution is 2.47. The third kappa shape index (κ3) is 2.79. The number of benzene rings is 5.